The molecule has 1 unspecified atom stereocenters. The average Bonchev–Trinajstić information content (AvgIpc) is 2.69. The summed E-state index contributed by atoms with van der Waals surface area (Å²) < 4.78 is 1.28. The fourth-order valence-corrected chi connectivity index (χ4v) is 3.33. The van der Waals surface area contributed by atoms with Gasteiger partial charge in [-0.3, -0.25) is 9.69 Å². The van der Waals surface area contributed by atoms with Gasteiger partial charge in [-0.2, -0.15) is 0 Å². The van der Waals surface area contributed by atoms with Crippen molar-refractivity contribution in [1.82, 2.24) is 4.90 Å². The van der Waals surface area contributed by atoms with Crippen LogP contribution in [0.3, 0.4) is 0 Å². The lowest BCUT2D eigenvalue weighted by atomic mass is 9.97. The van der Waals surface area contributed by atoms with Crippen molar-refractivity contribution < 1.29 is 24.3 Å². The van der Waals surface area contributed by atoms with Gasteiger partial charge in [0.15, 0.2) is 0 Å². The predicted octanol–water partition coefficient (Wildman–Crippen LogP) is 2.72. The Morgan fingerprint density at radius 3 is 1.76 bits per heavy atom. The number of hydrogen-bond acceptors (Lipinski definition) is 4. The van der Waals surface area contributed by atoms with Gasteiger partial charge in [0.25, 0.3) is 0 Å². The van der Waals surface area contributed by atoms with Crippen LogP contribution in [-0.4, -0.2) is 65.7 Å². The summed E-state index contributed by atoms with van der Waals surface area (Å²) >= 11 is 0. The van der Waals surface area contributed by atoms with Gasteiger partial charge in [0.2, 0.25) is 0 Å². The van der Waals surface area contributed by atoms with E-state index >= 15 is 0 Å². The molecule has 6 nitrogen and oxygen atoms in total. The van der Waals surface area contributed by atoms with Crippen molar-refractivity contribution in [2.45, 2.75) is 60.4 Å². The number of nitrogens with zero attached hydrogens (tertiary/aromatic N) is 2. The monoisotopic (exact) mass is 408 g/mol. The lowest BCUT2D eigenvalue weighted by Gasteiger charge is -2.34. The Kier molecular flexibility index (Phi) is 13.2. The second-order valence-corrected chi connectivity index (χ2v) is 7.57. The molecule has 0 bridgehead atoms. The molecule has 0 aliphatic rings. The molecule has 0 saturated heterocycles. The number of benzene rings is 1. The standard InChI is InChI=1S/C15H21NO4.C8H20N/c1-3-11(2)13-6-4-12(5-7-13)8-16(9-14(17)18)10-15(19)20;1-5-9(6-2,7-3)8-4/h4-7,11H,3,8-10H2,1-2H3,(H,17,18)(H,19,20);5-8H2,1-4H3/q;+1/p-1. The number of hydrogen-bond donors (Lipinski definition) is 1. The molecule has 0 aliphatic carbocycles. The van der Waals surface area contributed by atoms with Crippen LogP contribution in [0.4, 0.5) is 0 Å². The molecule has 166 valence electrons. The van der Waals surface area contributed by atoms with E-state index in [2.05, 4.69) is 41.5 Å². The zero-order valence-corrected chi connectivity index (χ0v) is 19.1. The summed E-state index contributed by atoms with van der Waals surface area (Å²) in [6, 6.07) is 7.82. The van der Waals surface area contributed by atoms with Crippen LogP contribution >= 0.6 is 0 Å². The number of carboxylic acid groups (broad SMARTS) is 2. The van der Waals surface area contributed by atoms with Crippen molar-refractivity contribution in [3.8, 4) is 0 Å². The van der Waals surface area contributed by atoms with Gasteiger partial charge in [0.1, 0.15) is 0 Å². The first-order chi connectivity index (χ1) is 13.7. The maximum atomic E-state index is 10.7. The molecule has 0 spiro atoms. The Labute approximate surface area is 176 Å². The average molecular weight is 409 g/mol. The quantitative estimate of drug-likeness (QED) is 0.538. The van der Waals surface area contributed by atoms with E-state index in [0.717, 1.165) is 12.0 Å². The van der Waals surface area contributed by atoms with Crippen LogP contribution in [-0.2, 0) is 16.1 Å². The number of carbonyl (C=O) groups excluding carboxylic acids is 1. The van der Waals surface area contributed by atoms with E-state index in [1.54, 1.807) is 0 Å². The molecule has 0 radical (unpaired) electrons. The van der Waals surface area contributed by atoms with Crippen LogP contribution in [0.2, 0.25) is 0 Å². The Balaban J connectivity index is 0.000000734. The van der Waals surface area contributed by atoms with Crippen molar-refractivity contribution in [3.05, 3.63) is 35.4 Å². The normalized spacial score (nSPS) is 12.2. The smallest absolute Gasteiger partial charge is 0.317 e. The highest BCUT2D eigenvalue weighted by Gasteiger charge is 2.16. The topological polar surface area (TPSA) is 80.7 Å². The van der Waals surface area contributed by atoms with Crippen molar-refractivity contribution in [1.29, 1.82) is 0 Å². The minimum atomic E-state index is -1.28. The van der Waals surface area contributed by atoms with Gasteiger partial charge in [0.05, 0.1) is 38.7 Å². The van der Waals surface area contributed by atoms with Gasteiger partial charge < -0.3 is 19.5 Å². The minimum absolute atomic E-state index is 0.279. The molecule has 0 aliphatic heterocycles. The molecule has 0 saturated carbocycles. The summed E-state index contributed by atoms with van der Waals surface area (Å²) in [6.45, 7) is 18.1. The van der Waals surface area contributed by atoms with E-state index in [4.69, 9.17) is 5.11 Å². The molecule has 1 aromatic rings. The third-order valence-electron chi connectivity index (χ3n) is 5.96. The molecule has 1 aromatic carbocycles. The van der Waals surface area contributed by atoms with E-state index in [9.17, 15) is 14.7 Å². The number of carboxylic acids is 2. The van der Waals surface area contributed by atoms with Crippen molar-refractivity contribution in [2.24, 2.45) is 0 Å². The van der Waals surface area contributed by atoms with Crippen molar-refractivity contribution in [3.63, 3.8) is 0 Å². The highest BCUT2D eigenvalue weighted by Crippen LogP contribution is 2.19. The third-order valence-corrected chi connectivity index (χ3v) is 5.96. The molecular weight excluding hydrogens is 368 g/mol. The summed E-state index contributed by atoms with van der Waals surface area (Å²) in [5.74, 6) is -1.85. The van der Waals surface area contributed by atoms with Gasteiger partial charge in [-0.15, -0.1) is 0 Å². The van der Waals surface area contributed by atoms with E-state index in [1.165, 1.54) is 41.1 Å². The summed E-state index contributed by atoms with van der Waals surface area (Å²) in [5, 5.41) is 19.4. The largest absolute Gasteiger partial charge is 0.549 e. The molecule has 6 heteroatoms. The second kappa shape index (κ2) is 14.1. The zero-order valence-electron chi connectivity index (χ0n) is 19.1. The maximum Gasteiger partial charge on any atom is 0.317 e. The molecule has 1 atom stereocenters. The molecular formula is C23H40N2O4. The molecule has 0 heterocycles. The van der Waals surface area contributed by atoms with E-state index < -0.39 is 11.9 Å². The molecule has 1 N–H and O–H groups in total. The molecule has 0 amide bonds. The highest BCUT2D eigenvalue weighted by molar-refractivity contribution is 5.71. The first-order valence-corrected chi connectivity index (χ1v) is 10.7. The van der Waals surface area contributed by atoms with Gasteiger partial charge in [-0.1, -0.05) is 38.1 Å². The molecule has 0 fully saturated rings. The fraction of sp³-hybridized carbons (Fsp3) is 0.652. The number of carbonyl (C=O) groups is 2. The first-order valence-electron chi connectivity index (χ1n) is 10.7. The van der Waals surface area contributed by atoms with E-state index in [1.807, 2.05) is 24.3 Å². The summed E-state index contributed by atoms with van der Waals surface area (Å²) in [5.41, 5.74) is 2.11. The Morgan fingerprint density at radius 1 is 0.966 bits per heavy atom. The van der Waals surface area contributed by atoms with Crippen LogP contribution in [0.1, 0.15) is 65.0 Å². The van der Waals surface area contributed by atoms with Gasteiger partial charge >= 0.3 is 5.97 Å². The van der Waals surface area contributed by atoms with E-state index in [0.29, 0.717) is 5.92 Å². The van der Waals surface area contributed by atoms with Gasteiger partial charge in [0, 0.05) is 13.1 Å². The summed E-state index contributed by atoms with van der Waals surface area (Å²) in [7, 11) is 0. The molecule has 1 rings (SSSR count). The van der Waals surface area contributed by atoms with Crippen LogP contribution < -0.4 is 5.11 Å². The maximum absolute atomic E-state index is 10.7. The van der Waals surface area contributed by atoms with Crippen LogP contribution in [0.25, 0.3) is 0 Å². The van der Waals surface area contributed by atoms with Crippen LogP contribution in [0.5, 0.6) is 0 Å². The lowest BCUT2D eigenvalue weighted by molar-refractivity contribution is -0.921. The molecule has 0 aromatic heterocycles. The van der Waals surface area contributed by atoms with Crippen LogP contribution in [0, 0.1) is 0 Å². The van der Waals surface area contributed by atoms with Crippen LogP contribution in [0.15, 0.2) is 24.3 Å². The number of aliphatic carboxylic acids is 2. The lowest BCUT2D eigenvalue weighted by Crippen LogP contribution is -2.47. The van der Waals surface area contributed by atoms with Crippen molar-refractivity contribution in [2.75, 3.05) is 39.3 Å². The highest BCUT2D eigenvalue weighted by atomic mass is 16.4. The predicted molar refractivity (Wildman–Crippen MR) is 115 cm³/mol. The van der Waals surface area contributed by atoms with Gasteiger partial charge in [-0.25, -0.2) is 0 Å². The van der Waals surface area contributed by atoms with Crippen molar-refractivity contribution >= 4 is 11.9 Å². The first kappa shape index (κ1) is 27.1. The Bertz CT molecular complexity index is 564. The number of rotatable bonds is 12. The summed E-state index contributed by atoms with van der Waals surface area (Å²) in [4.78, 5) is 22.7. The SMILES string of the molecule is CCC(C)c1ccc(CN(CC(=O)[O-])CC(=O)O)cc1.CC[N+](CC)(CC)CC. The Morgan fingerprint density at radius 2 is 1.45 bits per heavy atom. The number of quaternary nitrogens is 1. The zero-order chi connectivity index (χ0) is 22.4. The second-order valence-electron chi connectivity index (χ2n) is 7.57. The Hall–Kier alpha value is -1.92. The van der Waals surface area contributed by atoms with E-state index in [-0.39, 0.29) is 19.6 Å². The fourth-order valence-electron chi connectivity index (χ4n) is 3.33. The third kappa shape index (κ3) is 10.4. The van der Waals surface area contributed by atoms with Gasteiger partial charge in [-0.05, 0) is 51.2 Å². The summed E-state index contributed by atoms with van der Waals surface area (Å²) in [6.07, 6.45) is 1.05. The minimum Gasteiger partial charge on any atom is -0.549 e. The molecule has 29 heavy (non-hydrogen) atoms.